The van der Waals surface area contributed by atoms with Gasteiger partial charge in [0.2, 0.25) is 0 Å². The predicted molar refractivity (Wildman–Crippen MR) is 72.4 cm³/mol. The molecule has 0 amide bonds. The standard InChI is InChI=1S/C14H13ClF2N2/c1-8-6-12(14(15)18-7-8)19-9(2)10-4-3-5-11(16)13(10)17/h3-7,9,19H,1-2H3. The molecular formula is C14H13ClF2N2. The highest BCUT2D eigenvalue weighted by atomic mass is 35.5. The third-order valence-corrected chi connectivity index (χ3v) is 3.10. The van der Waals surface area contributed by atoms with Gasteiger partial charge in [0.05, 0.1) is 11.7 Å². The maximum atomic E-state index is 13.7. The van der Waals surface area contributed by atoms with Gasteiger partial charge in [0.25, 0.3) is 0 Å². The summed E-state index contributed by atoms with van der Waals surface area (Å²) in [7, 11) is 0. The van der Waals surface area contributed by atoms with Crippen LogP contribution >= 0.6 is 11.6 Å². The number of halogens is 3. The first-order valence-corrected chi connectivity index (χ1v) is 6.19. The minimum atomic E-state index is -0.861. The number of rotatable bonds is 3. The van der Waals surface area contributed by atoms with E-state index in [4.69, 9.17) is 11.6 Å². The Morgan fingerprint density at radius 1 is 1.32 bits per heavy atom. The van der Waals surface area contributed by atoms with Crippen LogP contribution < -0.4 is 5.32 Å². The molecule has 1 aromatic carbocycles. The summed E-state index contributed by atoms with van der Waals surface area (Å²) in [6, 6.07) is 5.49. The molecule has 0 radical (unpaired) electrons. The molecule has 0 spiro atoms. The fraction of sp³-hybridized carbons (Fsp3) is 0.214. The van der Waals surface area contributed by atoms with Crippen LogP contribution in [-0.2, 0) is 0 Å². The molecule has 2 nitrogen and oxygen atoms in total. The van der Waals surface area contributed by atoms with Crippen LogP contribution in [0.5, 0.6) is 0 Å². The van der Waals surface area contributed by atoms with E-state index in [1.165, 1.54) is 12.1 Å². The predicted octanol–water partition coefficient (Wildman–Crippen LogP) is 4.49. The first kappa shape index (κ1) is 13.7. The second kappa shape index (κ2) is 5.53. The Labute approximate surface area is 115 Å². The van der Waals surface area contributed by atoms with Crippen LogP contribution in [0, 0.1) is 18.6 Å². The van der Waals surface area contributed by atoms with Gasteiger partial charge < -0.3 is 5.32 Å². The topological polar surface area (TPSA) is 24.9 Å². The molecule has 0 bridgehead atoms. The SMILES string of the molecule is Cc1cnc(Cl)c(NC(C)c2cccc(F)c2F)c1. The van der Waals surface area contributed by atoms with E-state index in [0.717, 1.165) is 11.6 Å². The van der Waals surface area contributed by atoms with E-state index >= 15 is 0 Å². The van der Waals surface area contributed by atoms with Crippen LogP contribution in [0.15, 0.2) is 30.5 Å². The highest BCUT2D eigenvalue weighted by Crippen LogP contribution is 2.27. The lowest BCUT2D eigenvalue weighted by molar-refractivity contribution is 0.494. The molecule has 0 saturated carbocycles. The smallest absolute Gasteiger partial charge is 0.164 e. The molecule has 1 unspecified atom stereocenters. The van der Waals surface area contributed by atoms with Gasteiger partial charge in [0.15, 0.2) is 16.8 Å². The van der Waals surface area contributed by atoms with E-state index in [2.05, 4.69) is 10.3 Å². The zero-order valence-electron chi connectivity index (χ0n) is 10.5. The summed E-state index contributed by atoms with van der Waals surface area (Å²) < 4.78 is 26.9. The highest BCUT2D eigenvalue weighted by molar-refractivity contribution is 6.31. The molecule has 2 rings (SSSR count). The second-order valence-corrected chi connectivity index (χ2v) is 4.72. The molecule has 1 heterocycles. The van der Waals surface area contributed by atoms with Crippen LogP contribution in [0.4, 0.5) is 14.5 Å². The van der Waals surface area contributed by atoms with Gasteiger partial charge in [-0.15, -0.1) is 0 Å². The molecule has 1 aromatic heterocycles. The van der Waals surface area contributed by atoms with Crippen molar-refractivity contribution in [2.45, 2.75) is 19.9 Å². The monoisotopic (exact) mass is 282 g/mol. The Morgan fingerprint density at radius 2 is 2.05 bits per heavy atom. The Balaban J connectivity index is 2.28. The normalized spacial score (nSPS) is 12.3. The van der Waals surface area contributed by atoms with E-state index in [9.17, 15) is 8.78 Å². The number of anilines is 1. The van der Waals surface area contributed by atoms with Gasteiger partial charge in [0.1, 0.15) is 0 Å². The van der Waals surface area contributed by atoms with Crippen LogP contribution in [0.2, 0.25) is 5.15 Å². The molecule has 0 aliphatic carbocycles. The van der Waals surface area contributed by atoms with Crippen LogP contribution in [-0.4, -0.2) is 4.98 Å². The lowest BCUT2D eigenvalue weighted by Crippen LogP contribution is -2.10. The maximum Gasteiger partial charge on any atom is 0.164 e. The summed E-state index contributed by atoms with van der Waals surface area (Å²) >= 11 is 5.96. The first-order chi connectivity index (χ1) is 8.99. The number of nitrogens with one attached hydrogen (secondary N) is 1. The van der Waals surface area contributed by atoms with Gasteiger partial charge in [0, 0.05) is 11.8 Å². The van der Waals surface area contributed by atoms with Crippen molar-refractivity contribution in [3.05, 3.63) is 58.4 Å². The Hall–Kier alpha value is -1.68. The van der Waals surface area contributed by atoms with Crippen molar-refractivity contribution in [3.8, 4) is 0 Å². The molecule has 19 heavy (non-hydrogen) atoms. The Morgan fingerprint density at radius 3 is 2.79 bits per heavy atom. The maximum absolute atomic E-state index is 13.7. The number of hydrogen-bond donors (Lipinski definition) is 1. The quantitative estimate of drug-likeness (QED) is 0.839. The number of hydrogen-bond acceptors (Lipinski definition) is 2. The highest BCUT2D eigenvalue weighted by Gasteiger charge is 2.15. The average molecular weight is 283 g/mol. The summed E-state index contributed by atoms with van der Waals surface area (Å²) in [4.78, 5) is 4.00. The summed E-state index contributed by atoms with van der Waals surface area (Å²) in [5, 5.41) is 3.33. The molecular weight excluding hydrogens is 270 g/mol. The molecule has 0 saturated heterocycles. The summed E-state index contributed by atoms with van der Waals surface area (Å²) in [5.74, 6) is -1.71. The molecule has 1 atom stereocenters. The molecule has 0 fully saturated rings. The summed E-state index contributed by atoms with van der Waals surface area (Å²) in [6.45, 7) is 3.61. The van der Waals surface area contributed by atoms with Crippen molar-refractivity contribution in [3.63, 3.8) is 0 Å². The van der Waals surface area contributed by atoms with Crippen molar-refractivity contribution < 1.29 is 8.78 Å². The largest absolute Gasteiger partial charge is 0.376 e. The third kappa shape index (κ3) is 3.01. The van der Waals surface area contributed by atoms with Gasteiger partial charge in [-0.25, -0.2) is 13.8 Å². The van der Waals surface area contributed by atoms with Gasteiger partial charge >= 0.3 is 0 Å². The fourth-order valence-corrected chi connectivity index (χ4v) is 1.98. The summed E-state index contributed by atoms with van der Waals surface area (Å²) in [5.41, 5.74) is 1.77. The van der Waals surface area contributed by atoms with Gasteiger partial charge in [-0.05, 0) is 31.5 Å². The third-order valence-electron chi connectivity index (χ3n) is 2.80. The first-order valence-electron chi connectivity index (χ1n) is 5.81. The van der Waals surface area contributed by atoms with Crippen molar-refractivity contribution in [1.29, 1.82) is 0 Å². The summed E-state index contributed by atoms with van der Waals surface area (Å²) in [6.07, 6.45) is 1.64. The minimum absolute atomic E-state index is 0.248. The van der Waals surface area contributed by atoms with E-state index < -0.39 is 17.7 Å². The van der Waals surface area contributed by atoms with Crippen molar-refractivity contribution in [1.82, 2.24) is 4.98 Å². The van der Waals surface area contributed by atoms with E-state index in [1.54, 1.807) is 13.1 Å². The van der Waals surface area contributed by atoms with E-state index in [-0.39, 0.29) is 5.56 Å². The zero-order valence-corrected chi connectivity index (χ0v) is 11.3. The molecule has 1 N–H and O–H groups in total. The molecule has 2 aromatic rings. The zero-order chi connectivity index (χ0) is 14.0. The fourth-order valence-electron chi connectivity index (χ4n) is 1.82. The average Bonchev–Trinajstić information content (AvgIpc) is 2.37. The van der Waals surface area contributed by atoms with Gasteiger partial charge in [-0.1, -0.05) is 23.7 Å². The molecule has 0 aliphatic heterocycles. The molecule has 0 aliphatic rings. The number of aryl methyl sites for hydroxylation is 1. The van der Waals surface area contributed by atoms with E-state index in [0.29, 0.717) is 10.8 Å². The van der Waals surface area contributed by atoms with Crippen molar-refractivity contribution >= 4 is 17.3 Å². The Bertz CT molecular complexity index is 602. The molecule has 5 heteroatoms. The van der Waals surface area contributed by atoms with Crippen LogP contribution in [0.3, 0.4) is 0 Å². The number of aromatic nitrogens is 1. The Kier molecular flexibility index (Phi) is 4.00. The number of pyridine rings is 1. The van der Waals surface area contributed by atoms with Crippen LogP contribution in [0.1, 0.15) is 24.1 Å². The van der Waals surface area contributed by atoms with E-state index in [1.807, 2.05) is 13.0 Å². The van der Waals surface area contributed by atoms with Gasteiger partial charge in [-0.2, -0.15) is 0 Å². The lowest BCUT2D eigenvalue weighted by Gasteiger charge is -2.17. The van der Waals surface area contributed by atoms with Crippen molar-refractivity contribution in [2.75, 3.05) is 5.32 Å². The van der Waals surface area contributed by atoms with Crippen molar-refractivity contribution in [2.24, 2.45) is 0 Å². The number of benzene rings is 1. The van der Waals surface area contributed by atoms with Crippen LogP contribution in [0.25, 0.3) is 0 Å². The lowest BCUT2D eigenvalue weighted by atomic mass is 10.1. The minimum Gasteiger partial charge on any atom is -0.376 e. The number of nitrogens with zero attached hydrogens (tertiary/aromatic N) is 1. The molecule has 100 valence electrons. The van der Waals surface area contributed by atoms with Gasteiger partial charge in [-0.3, -0.25) is 0 Å². The second-order valence-electron chi connectivity index (χ2n) is 4.36.